The SMILES string of the molecule is CCOC(=O)c1n[nH]nc1-c1ccc(OC(=O)C2CC2)cc1. The van der Waals surface area contributed by atoms with Gasteiger partial charge in [0.2, 0.25) is 0 Å². The molecule has 0 atom stereocenters. The molecule has 1 aliphatic carbocycles. The molecule has 1 saturated carbocycles. The predicted octanol–water partition coefficient (Wildman–Crippen LogP) is 1.96. The molecule has 22 heavy (non-hydrogen) atoms. The minimum atomic E-state index is -0.532. The van der Waals surface area contributed by atoms with Crippen LogP contribution >= 0.6 is 0 Å². The van der Waals surface area contributed by atoms with Gasteiger partial charge in [0.05, 0.1) is 12.5 Å². The number of carbonyl (C=O) groups is 2. The number of hydrogen-bond donors (Lipinski definition) is 1. The van der Waals surface area contributed by atoms with Crippen LogP contribution in [0.15, 0.2) is 24.3 Å². The van der Waals surface area contributed by atoms with Gasteiger partial charge in [-0.05, 0) is 44.0 Å². The Bertz CT molecular complexity index is 689. The summed E-state index contributed by atoms with van der Waals surface area (Å²) in [6.07, 6.45) is 1.80. The monoisotopic (exact) mass is 301 g/mol. The maximum absolute atomic E-state index is 11.8. The van der Waals surface area contributed by atoms with E-state index >= 15 is 0 Å². The first-order valence-corrected chi connectivity index (χ1v) is 7.09. The largest absolute Gasteiger partial charge is 0.461 e. The molecule has 0 saturated heterocycles. The van der Waals surface area contributed by atoms with Gasteiger partial charge >= 0.3 is 11.9 Å². The normalized spacial score (nSPS) is 13.7. The topological polar surface area (TPSA) is 94.2 Å². The molecule has 7 nitrogen and oxygen atoms in total. The number of ether oxygens (including phenoxy) is 2. The number of rotatable bonds is 5. The van der Waals surface area contributed by atoms with Crippen molar-refractivity contribution in [1.29, 1.82) is 0 Å². The second-order valence-corrected chi connectivity index (χ2v) is 4.96. The highest BCUT2D eigenvalue weighted by atomic mass is 16.5. The van der Waals surface area contributed by atoms with Gasteiger partial charge in [-0.15, -0.1) is 5.10 Å². The van der Waals surface area contributed by atoms with Crippen molar-refractivity contribution < 1.29 is 19.1 Å². The van der Waals surface area contributed by atoms with E-state index in [4.69, 9.17) is 9.47 Å². The Morgan fingerprint density at radius 3 is 2.59 bits per heavy atom. The fourth-order valence-electron chi connectivity index (χ4n) is 1.97. The summed E-state index contributed by atoms with van der Waals surface area (Å²) in [5.74, 6) is -0.204. The van der Waals surface area contributed by atoms with Crippen LogP contribution in [0.3, 0.4) is 0 Å². The van der Waals surface area contributed by atoms with Crippen LogP contribution in [0.25, 0.3) is 11.3 Å². The Morgan fingerprint density at radius 1 is 1.23 bits per heavy atom. The Balaban J connectivity index is 1.76. The number of aromatic nitrogens is 3. The van der Waals surface area contributed by atoms with E-state index in [1.165, 1.54) is 0 Å². The summed E-state index contributed by atoms with van der Waals surface area (Å²) < 4.78 is 10.2. The molecule has 0 unspecified atom stereocenters. The standard InChI is InChI=1S/C15H15N3O4/c1-2-21-15(20)13-12(16-18-17-13)9-5-7-11(8-6-9)22-14(19)10-3-4-10/h5-8,10H,2-4H2,1H3,(H,16,17,18). The van der Waals surface area contributed by atoms with Gasteiger partial charge in [-0.2, -0.15) is 10.3 Å². The fourth-order valence-corrected chi connectivity index (χ4v) is 1.97. The molecule has 114 valence electrons. The van der Waals surface area contributed by atoms with E-state index in [0.717, 1.165) is 12.8 Å². The number of carbonyl (C=O) groups excluding carboxylic acids is 2. The van der Waals surface area contributed by atoms with Crippen LogP contribution in [-0.2, 0) is 9.53 Å². The highest BCUT2D eigenvalue weighted by Crippen LogP contribution is 2.31. The average Bonchev–Trinajstić information content (AvgIpc) is 3.26. The lowest BCUT2D eigenvalue weighted by Crippen LogP contribution is -2.09. The van der Waals surface area contributed by atoms with Crippen molar-refractivity contribution in [2.24, 2.45) is 5.92 Å². The Hall–Kier alpha value is -2.70. The van der Waals surface area contributed by atoms with Crippen LogP contribution in [0.4, 0.5) is 0 Å². The van der Waals surface area contributed by atoms with E-state index in [1.807, 2.05) is 0 Å². The molecule has 0 amide bonds. The van der Waals surface area contributed by atoms with Gasteiger partial charge < -0.3 is 9.47 Å². The first-order valence-electron chi connectivity index (χ1n) is 7.09. The van der Waals surface area contributed by atoms with Crippen molar-refractivity contribution in [2.75, 3.05) is 6.61 Å². The summed E-state index contributed by atoms with van der Waals surface area (Å²) in [4.78, 5) is 23.4. The molecule has 7 heteroatoms. The molecular weight excluding hydrogens is 286 g/mol. The predicted molar refractivity (Wildman–Crippen MR) is 76.1 cm³/mol. The van der Waals surface area contributed by atoms with Gasteiger partial charge in [0.25, 0.3) is 0 Å². The van der Waals surface area contributed by atoms with E-state index < -0.39 is 5.97 Å². The summed E-state index contributed by atoms with van der Waals surface area (Å²) in [5, 5.41) is 10.2. The number of nitrogens with zero attached hydrogens (tertiary/aromatic N) is 2. The molecule has 0 bridgehead atoms. The number of esters is 2. The third-order valence-corrected chi connectivity index (χ3v) is 3.27. The van der Waals surface area contributed by atoms with Gasteiger partial charge in [-0.3, -0.25) is 4.79 Å². The van der Waals surface area contributed by atoms with Crippen molar-refractivity contribution >= 4 is 11.9 Å². The zero-order valence-corrected chi connectivity index (χ0v) is 12.0. The highest BCUT2D eigenvalue weighted by molar-refractivity contribution is 5.93. The van der Waals surface area contributed by atoms with Crippen molar-refractivity contribution in [1.82, 2.24) is 15.4 Å². The Kier molecular flexibility index (Phi) is 3.86. The lowest BCUT2D eigenvalue weighted by molar-refractivity contribution is -0.135. The minimum absolute atomic E-state index is 0.0469. The average molecular weight is 301 g/mol. The molecule has 0 spiro atoms. The van der Waals surface area contributed by atoms with Gasteiger partial charge in [-0.25, -0.2) is 4.79 Å². The lowest BCUT2D eigenvalue weighted by atomic mass is 10.1. The van der Waals surface area contributed by atoms with E-state index in [1.54, 1.807) is 31.2 Å². The second-order valence-electron chi connectivity index (χ2n) is 4.96. The molecule has 0 aliphatic heterocycles. The number of nitrogens with one attached hydrogen (secondary N) is 1. The van der Waals surface area contributed by atoms with Crippen molar-refractivity contribution in [3.05, 3.63) is 30.0 Å². The van der Waals surface area contributed by atoms with Crippen LogP contribution in [0.2, 0.25) is 0 Å². The van der Waals surface area contributed by atoms with Crippen LogP contribution in [0.5, 0.6) is 5.75 Å². The van der Waals surface area contributed by atoms with Gasteiger partial charge in [-0.1, -0.05) is 0 Å². The smallest absolute Gasteiger partial charge is 0.361 e. The Labute approximate surface area is 126 Å². The molecule has 1 heterocycles. The van der Waals surface area contributed by atoms with Crippen LogP contribution < -0.4 is 4.74 Å². The zero-order valence-electron chi connectivity index (χ0n) is 12.0. The van der Waals surface area contributed by atoms with Crippen LogP contribution in [0, 0.1) is 5.92 Å². The van der Waals surface area contributed by atoms with Crippen molar-refractivity contribution in [2.45, 2.75) is 19.8 Å². The summed E-state index contributed by atoms with van der Waals surface area (Å²) in [5.41, 5.74) is 1.21. The highest BCUT2D eigenvalue weighted by Gasteiger charge is 2.31. The zero-order chi connectivity index (χ0) is 15.5. The summed E-state index contributed by atoms with van der Waals surface area (Å²) in [7, 11) is 0. The fraction of sp³-hybridized carbons (Fsp3) is 0.333. The first-order chi connectivity index (χ1) is 10.7. The second kappa shape index (κ2) is 5.97. The molecular formula is C15H15N3O4. The van der Waals surface area contributed by atoms with E-state index in [9.17, 15) is 9.59 Å². The quantitative estimate of drug-likeness (QED) is 0.670. The van der Waals surface area contributed by atoms with Gasteiger partial charge in [0, 0.05) is 5.56 Å². The molecule has 1 aliphatic rings. The molecule has 3 rings (SSSR count). The summed E-state index contributed by atoms with van der Waals surface area (Å²) in [6, 6.07) is 6.77. The lowest BCUT2D eigenvalue weighted by Gasteiger charge is -2.04. The molecule has 1 N–H and O–H groups in total. The van der Waals surface area contributed by atoms with Crippen molar-refractivity contribution in [3.8, 4) is 17.0 Å². The van der Waals surface area contributed by atoms with Crippen molar-refractivity contribution in [3.63, 3.8) is 0 Å². The van der Waals surface area contributed by atoms with Gasteiger partial charge in [0.15, 0.2) is 5.69 Å². The number of H-pyrrole nitrogens is 1. The third kappa shape index (κ3) is 2.98. The number of aromatic amines is 1. The number of benzene rings is 1. The summed E-state index contributed by atoms with van der Waals surface area (Å²) >= 11 is 0. The Morgan fingerprint density at radius 2 is 1.95 bits per heavy atom. The minimum Gasteiger partial charge on any atom is -0.461 e. The van der Waals surface area contributed by atoms with E-state index in [2.05, 4.69) is 15.4 Å². The molecule has 2 aromatic rings. The first kappa shape index (κ1) is 14.2. The van der Waals surface area contributed by atoms with Gasteiger partial charge in [0.1, 0.15) is 11.4 Å². The summed E-state index contributed by atoms with van der Waals surface area (Å²) in [6.45, 7) is 1.99. The maximum Gasteiger partial charge on any atom is 0.361 e. The maximum atomic E-state index is 11.8. The van der Waals surface area contributed by atoms with E-state index in [0.29, 0.717) is 17.0 Å². The molecule has 1 fully saturated rings. The van der Waals surface area contributed by atoms with E-state index in [-0.39, 0.29) is 24.2 Å². The molecule has 1 aromatic carbocycles. The van der Waals surface area contributed by atoms with Crippen LogP contribution in [-0.4, -0.2) is 34.0 Å². The molecule has 0 radical (unpaired) electrons. The third-order valence-electron chi connectivity index (χ3n) is 3.27. The number of hydrogen-bond acceptors (Lipinski definition) is 6. The van der Waals surface area contributed by atoms with Crippen LogP contribution in [0.1, 0.15) is 30.3 Å². The molecule has 1 aromatic heterocycles.